The molecule has 0 heterocycles. The molecule has 1 aromatic rings. The molecule has 0 aromatic heterocycles. The van der Waals surface area contributed by atoms with Crippen molar-refractivity contribution in [3.05, 3.63) is 28.5 Å². The molecule has 0 bridgehead atoms. The van der Waals surface area contributed by atoms with Crippen LogP contribution in [0.3, 0.4) is 0 Å². The molecule has 0 aliphatic carbocycles. The van der Waals surface area contributed by atoms with Crippen molar-refractivity contribution in [2.45, 2.75) is 0 Å². The van der Waals surface area contributed by atoms with Crippen LogP contribution in [0.2, 0.25) is 5.02 Å². The van der Waals surface area contributed by atoms with Gasteiger partial charge >= 0.3 is 5.97 Å². The van der Waals surface area contributed by atoms with Gasteiger partial charge in [-0.2, -0.15) is 0 Å². The number of methoxy groups -OCH3 is 1. The fourth-order valence-corrected chi connectivity index (χ4v) is 1.92. The maximum atomic E-state index is 13.3. The fourth-order valence-electron chi connectivity index (χ4n) is 1.09. The second kappa shape index (κ2) is 4.89. The summed E-state index contributed by atoms with van der Waals surface area (Å²) in [7, 11) is -2.49. The van der Waals surface area contributed by atoms with Crippen molar-refractivity contribution >= 4 is 33.3 Å². The van der Waals surface area contributed by atoms with Gasteiger partial charge in [0, 0.05) is 0 Å². The number of halogens is 2. The Balaban J connectivity index is 3.29. The lowest BCUT2D eigenvalue weighted by Crippen LogP contribution is -2.12. The highest BCUT2D eigenvalue weighted by Gasteiger charge is 2.17. The molecule has 0 saturated carbocycles. The van der Waals surface area contributed by atoms with E-state index in [2.05, 4.69) is 9.46 Å². The number of carbonyl (C=O) groups is 1. The van der Waals surface area contributed by atoms with Crippen LogP contribution in [0.5, 0.6) is 0 Å². The van der Waals surface area contributed by atoms with Crippen LogP contribution in [0.25, 0.3) is 0 Å². The van der Waals surface area contributed by atoms with Gasteiger partial charge in [-0.3, -0.25) is 4.72 Å². The number of hydrogen-bond acceptors (Lipinski definition) is 4. The number of rotatable bonds is 3. The number of esters is 1. The van der Waals surface area contributed by atoms with E-state index in [0.29, 0.717) is 0 Å². The Morgan fingerprint density at radius 2 is 2.06 bits per heavy atom. The number of hydrogen-bond donors (Lipinski definition) is 1. The van der Waals surface area contributed by atoms with Gasteiger partial charge in [-0.05, 0) is 12.1 Å². The average molecular weight is 282 g/mol. The third-order valence-corrected chi connectivity index (χ3v) is 2.66. The first kappa shape index (κ1) is 13.7. The third-order valence-electron chi connectivity index (χ3n) is 1.76. The molecule has 8 heteroatoms. The van der Waals surface area contributed by atoms with Gasteiger partial charge in [0.2, 0.25) is 10.0 Å². The predicted octanol–water partition coefficient (Wildman–Crippen LogP) is 1.64. The second-order valence-electron chi connectivity index (χ2n) is 3.18. The summed E-state index contributed by atoms with van der Waals surface area (Å²) in [6.07, 6.45) is 0.907. The van der Waals surface area contributed by atoms with Crippen LogP contribution >= 0.6 is 11.6 Å². The van der Waals surface area contributed by atoms with Crippen molar-refractivity contribution in [3.8, 4) is 0 Å². The molecule has 0 saturated heterocycles. The molecule has 0 fully saturated rings. The standard InChI is InChI=1S/C9H9ClFNO4S/c1-16-9(13)5-3-8(12-17(2,14)15)6(10)4-7(5)11/h3-4,12H,1-2H3. The predicted molar refractivity (Wildman–Crippen MR) is 61.2 cm³/mol. The molecule has 0 aliphatic heterocycles. The molecule has 0 unspecified atom stereocenters. The summed E-state index contributed by atoms with van der Waals surface area (Å²) in [5.74, 6) is -1.81. The minimum atomic E-state index is -3.57. The normalized spacial score (nSPS) is 11.1. The van der Waals surface area contributed by atoms with Crippen LogP contribution < -0.4 is 4.72 Å². The maximum Gasteiger partial charge on any atom is 0.340 e. The topological polar surface area (TPSA) is 72.5 Å². The monoisotopic (exact) mass is 281 g/mol. The third kappa shape index (κ3) is 3.57. The molecule has 0 spiro atoms. The average Bonchev–Trinajstić information content (AvgIpc) is 2.19. The Morgan fingerprint density at radius 3 is 2.53 bits per heavy atom. The molecule has 0 aliphatic rings. The van der Waals surface area contributed by atoms with E-state index in [9.17, 15) is 17.6 Å². The number of ether oxygens (including phenoxy) is 1. The summed E-state index contributed by atoms with van der Waals surface area (Å²) in [6.45, 7) is 0. The highest BCUT2D eigenvalue weighted by molar-refractivity contribution is 7.92. The van der Waals surface area contributed by atoms with E-state index in [1.807, 2.05) is 0 Å². The van der Waals surface area contributed by atoms with E-state index in [0.717, 1.165) is 25.5 Å². The summed E-state index contributed by atoms with van der Waals surface area (Å²) < 4.78 is 41.8. The number of benzene rings is 1. The van der Waals surface area contributed by atoms with Gasteiger partial charge in [-0.1, -0.05) is 11.6 Å². The van der Waals surface area contributed by atoms with E-state index >= 15 is 0 Å². The Hall–Kier alpha value is -1.34. The largest absolute Gasteiger partial charge is 0.465 e. The molecule has 1 aromatic carbocycles. The lowest BCUT2D eigenvalue weighted by molar-refractivity contribution is 0.0595. The van der Waals surface area contributed by atoms with Crippen LogP contribution in [-0.4, -0.2) is 27.8 Å². The highest BCUT2D eigenvalue weighted by atomic mass is 35.5. The van der Waals surface area contributed by atoms with Crippen molar-refractivity contribution in [2.75, 3.05) is 18.1 Å². The van der Waals surface area contributed by atoms with E-state index in [-0.39, 0.29) is 10.7 Å². The molecular formula is C9H9ClFNO4S. The molecule has 0 atom stereocenters. The number of anilines is 1. The van der Waals surface area contributed by atoms with Crippen LogP contribution in [0.15, 0.2) is 12.1 Å². The van der Waals surface area contributed by atoms with Gasteiger partial charge in [0.15, 0.2) is 0 Å². The minimum Gasteiger partial charge on any atom is -0.465 e. The molecule has 0 radical (unpaired) electrons. The SMILES string of the molecule is COC(=O)c1cc(NS(C)(=O)=O)c(Cl)cc1F. The smallest absolute Gasteiger partial charge is 0.340 e. The van der Waals surface area contributed by atoms with Crippen LogP contribution in [-0.2, 0) is 14.8 Å². The molecule has 0 amide bonds. The summed E-state index contributed by atoms with van der Waals surface area (Å²) in [4.78, 5) is 11.2. The molecule has 1 N–H and O–H groups in total. The molecule has 17 heavy (non-hydrogen) atoms. The number of sulfonamides is 1. The zero-order chi connectivity index (χ0) is 13.2. The van der Waals surface area contributed by atoms with E-state index in [4.69, 9.17) is 11.6 Å². The van der Waals surface area contributed by atoms with E-state index < -0.39 is 27.4 Å². The zero-order valence-electron chi connectivity index (χ0n) is 8.95. The Bertz CT molecular complexity index is 558. The van der Waals surface area contributed by atoms with E-state index in [1.54, 1.807) is 0 Å². The van der Waals surface area contributed by atoms with Crippen molar-refractivity contribution < 1.29 is 22.3 Å². The van der Waals surface area contributed by atoms with Gasteiger partial charge in [0.1, 0.15) is 5.82 Å². The Morgan fingerprint density at radius 1 is 1.47 bits per heavy atom. The summed E-state index contributed by atoms with van der Waals surface area (Å²) >= 11 is 5.64. The first-order chi connectivity index (χ1) is 7.74. The number of nitrogens with one attached hydrogen (secondary N) is 1. The Kier molecular flexibility index (Phi) is 3.94. The highest BCUT2D eigenvalue weighted by Crippen LogP contribution is 2.26. The van der Waals surface area contributed by atoms with Gasteiger partial charge in [-0.15, -0.1) is 0 Å². The lowest BCUT2D eigenvalue weighted by Gasteiger charge is -2.09. The molecule has 5 nitrogen and oxygen atoms in total. The summed E-state index contributed by atoms with van der Waals surface area (Å²) in [5.41, 5.74) is -0.487. The van der Waals surface area contributed by atoms with Crippen molar-refractivity contribution in [2.24, 2.45) is 0 Å². The first-order valence-electron chi connectivity index (χ1n) is 4.29. The Labute approximate surface area is 103 Å². The summed E-state index contributed by atoms with van der Waals surface area (Å²) in [6, 6.07) is 1.81. The molecule has 94 valence electrons. The van der Waals surface area contributed by atoms with Crippen LogP contribution in [0.1, 0.15) is 10.4 Å². The van der Waals surface area contributed by atoms with Crippen LogP contribution in [0, 0.1) is 5.82 Å². The van der Waals surface area contributed by atoms with Gasteiger partial charge in [0.05, 0.1) is 29.6 Å². The lowest BCUT2D eigenvalue weighted by atomic mass is 10.2. The van der Waals surface area contributed by atoms with Gasteiger partial charge in [0.25, 0.3) is 0 Å². The quantitative estimate of drug-likeness (QED) is 0.855. The second-order valence-corrected chi connectivity index (χ2v) is 5.33. The minimum absolute atomic E-state index is 0.0871. The van der Waals surface area contributed by atoms with E-state index in [1.165, 1.54) is 0 Å². The van der Waals surface area contributed by atoms with Gasteiger partial charge in [-0.25, -0.2) is 17.6 Å². The van der Waals surface area contributed by atoms with Crippen molar-refractivity contribution in [1.29, 1.82) is 0 Å². The van der Waals surface area contributed by atoms with Crippen molar-refractivity contribution in [3.63, 3.8) is 0 Å². The molecular weight excluding hydrogens is 273 g/mol. The number of carbonyl (C=O) groups excluding carboxylic acids is 1. The zero-order valence-corrected chi connectivity index (χ0v) is 10.5. The maximum absolute atomic E-state index is 13.3. The fraction of sp³-hybridized carbons (Fsp3) is 0.222. The van der Waals surface area contributed by atoms with Gasteiger partial charge < -0.3 is 4.74 Å². The molecule has 1 rings (SSSR count). The summed E-state index contributed by atoms with van der Waals surface area (Å²) in [5, 5.41) is -0.152. The van der Waals surface area contributed by atoms with Crippen molar-refractivity contribution in [1.82, 2.24) is 0 Å². The first-order valence-corrected chi connectivity index (χ1v) is 6.56. The van der Waals surface area contributed by atoms with Crippen LogP contribution in [0.4, 0.5) is 10.1 Å².